The summed E-state index contributed by atoms with van der Waals surface area (Å²) in [6, 6.07) is 3.07. The van der Waals surface area contributed by atoms with Gasteiger partial charge in [-0.1, -0.05) is 0 Å². The maximum Gasteiger partial charge on any atom is 0.267 e. The minimum atomic E-state index is -0.553. The summed E-state index contributed by atoms with van der Waals surface area (Å²) in [5.74, 6) is 4.92. The highest BCUT2D eigenvalue weighted by Gasteiger charge is 2.17. The van der Waals surface area contributed by atoms with Gasteiger partial charge >= 0.3 is 0 Å². The summed E-state index contributed by atoms with van der Waals surface area (Å²) < 4.78 is 5.40. The van der Waals surface area contributed by atoms with Gasteiger partial charge in [0.15, 0.2) is 6.29 Å². The number of nitrogen functional groups attached to an aromatic ring is 1. The van der Waals surface area contributed by atoms with Crippen LogP contribution in [0.4, 0.5) is 0 Å². The number of nitrogens with two attached hydrogens (primary N) is 1. The van der Waals surface area contributed by atoms with Crippen molar-refractivity contribution in [3.05, 3.63) is 27.7 Å². The van der Waals surface area contributed by atoms with Crippen LogP contribution in [0.15, 0.2) is 16.6 Å². The fraction of sp³-hybridized carbons (Fsp3) is 0.111. The summed E-state index contributed by atoms with van der Waals surface area (Å²) >= 11 is 3.17. The zero-order chi connectivity index (χ0) is 11.4. The Balaban J connectivity index is 3.42. The molecule has 1 amide bonds. The number of halogens is 1. The lowest BCUT2D eigenvalue weighted by Gasteiger charge is -2.09. The number of methoxy groups -OCH3 is 1. The molecule has 0 bridgehead atoms. The molecule has 0 saturated carbocycles. The van der Waals surface area contributed by atoms with Gasteiger partial charge in [0.2, 0.25) is 0 Å². The van der Waals surface area contributed by atoms with Crippen molar-refractivity contribution < 1.29 is 14.3 Å². The monoisotopic (exact) mass is 272 g/mol. The SMILES string of the molecule is COc1ccc(C=O)c(C(=O)NN)c1Br. The molecule has 0 heterocycles. The number of carbonyl (C=O) groups excluding carboxylic acids is 2. The number of hydrogen-bond donors (Lipinski definition) is 2. The van der Waals surface area contributed by atoms with Crippen molar-refractivity contribution in [2.75, 3.05) is 7.11 Å². The molecule has 0 spiro atoms. The largest absolute Gasteiger partial charge is 0.496 e. The second kappa shape index (κ2) is 4.90. The minimum absolute atomic E-state index is 0.159. The van der Waals surface area contributed by atoms with Crippen LogP contribution in [0.3, 0.4) is 0 Å². The zero-order valence-corrected chi connectivity index (χ0v) is 9.50. The average Bonchev–Trinajstić information content (AvgIpc) is 2.27. The first-order valence-corrected chi connectivity index (χ1v) is 4.77. The van der Waals surface area contributed by atoms with Crippen molar-refractivity contribution >= 4 is 28.1 Å². The highest BCUT2D eigenvalue weighted by molar-refractivity contribution is 9.10. The molecular weight excluding hydrogens is 264 g/mol. The number of hydrazine groups is 1. The van der Waals surface area contributed by atoms with Gasteiger partial charge in [0.05, 0.1) is 17.1 Å². The van der Waals surface area contributed by atoms with Crippen LogP contribution in [0.1, 0.15) is 20.7 Å². The van der Waals surface area contributed by atoms with Gasteiger partial charge in [-0.25, -0.2) is 5.84 Å². The Hall–Kier alpha value is -1.40. The maximum atomic E-state index is 11.4. The van der Waals surface area contributed by atoms with E-state index >= 15 is 0 Å². The van der Waals surface area contributed by atoms with Gasteiger partial charge in [-0.2, -0.15) is 0 Å². The molecule has 15 heavy (non-hydrogen) atoms. The smallest absolute Gasteiger partial charge is 0.267 e. The fourth-order valence-electron chi connectivity index (χ4n) is 1.13. The van der Waals surface area contributed by atoms with Crippen molar-refractivity contribution in [1.82, 2.24) is 5.43 Å². The predicted molar refractivity (Wildman–Crippen MR) is 57.7 cm³/mol. The van der Waals surface area contributed by atoms with Crippen LogP contribution in [0, 0.1) is 0 Å². The van der Waals surface area contributed by atoms with Crippen molar-refractivity contribution in [3.63, 3.8) is 0 Å². The van der Waals surface area contributed by atoms with E-state index in [4.69, 9.17) is 10.6 Å². The van der Waals surface area contributed by atoms with Crippen molar-refractivity contribution in [2.24, 2.45) is 5.84 Å². The molecular formula is C9H9BrN2O3. The van der Waals surface area contributed by atoms with Crippen LogP contribution in [-0.2, 0) is 0 Å². The molecule has 80 valence electrons. The molecule has 1 aromatic carbocycles. The van der Waals surface area contributed by atoms with Crippen molar-refractivity contribution in [1.29, 1.82) is 0 Å². The number of aldehydes is 1. The van der Waals surface area contributed by atoms with Gasteiger partial charge < -0.3 is 4.74 Å². The van der Waals surface area contributed by atoms with Crippen LogP contribution in [0.2, 0.25) is 0 Å². The molecule has 0 radical (unpaired) electrons. The molecule has 1 rings (SSSR count). The topological polar surface area (TPSA) is 81.4 Å². The number of ether oxygens (including phenoxy) is 1. The molecule has 0 fully saturated rings. The van der Waals surface area contributed by atoms with Gasteiger partial charge in [0.25, 0.3) is 5.91 Å². The van der Waals surface area contributed by atoms with Crippen molar-refractivity contribution in [3.8, 4) is 5.75 Å². The first-order chi connectivity index (χ1) is 7.15. The van der Waals surface area contributed by atoms with E-state index in [2.05, 4.69) is 15.9 Å². The lowest BCUT2D eigenvalue weighted by atomic mass is 10.1. The molecule has 0 unspecified atom stereocenters. The highest BCUT2D eigenvalue weighted by atomic mass is 79.9. The van der Waals surface area contributed by atoms with Crippen LogP contribution in [0.25, 0.3) is 0 Å². The molecule has 0 aliphatic heterocycles. The Morgan fingerprint density at radius 1 is 1.60 bits per heavy atom. The second-order valence-electron chi connectivity index (χ2n) is 2.64. The number of hydrogen-bond acceptors (Lipinski definition) is 4. The Labute approximate surface area is 94.7 Å². The van der Waals surface area contributed by atoms with Gasteiger partial charge in [-0.05, 0) is 28.1 Å². The van der Waals surface area contributed by atoms with E-state index in [1.807, 2.05) is 5.43 Å². The first kappa shape index (κ1) is 11.7. The van der Waals surface area contributed by atoms with Crippen LogP contribution in [0.5, 0.6) is 5.75 Å². The van der Waals surface area contributed by atoms with E-state index in [9.17, 15) is 9.59 Å². The van der Waals surface area contributed by atoms with Crippen LogP contribution < -0.4 is 16.0 Å². The van der Waals surface area contributed by atoms with Gasteiger partial charge in [-0.3, -0.25) is 15.0 Å². The Bertz CT molecular complexity index is 407. The van der Waals surface area contributed by atoms with Crippen LogP contribution >= 0.6 is 15.9 Å². The minimum Gasteiger partial charge on any atom is -0.496 e. The lowest BCUT2D eigenvalue weighted by molar-refractivity contribution is 0.0947. The number of nitrogens with one attached hydrogen (secondary N) is 1. The van der Waals surface area contributed by atoms with Gasteiger partial charge in [0.1, 0.15) is 5.75 Å². The summed E-state index contributed by atoms with van der Waals surface area (Å²) in [5, 5.41) is 0. The highest BCUT2D eigenvalue weighted by Crippen LogP contribution is 2.30. The quantitative estimate of drug-likeness (QED) is 0.370. The molecule has 0 aliphatic carbocycles. The molecule has 1 aromatic rings. The van der Waals surface area contributed by atoms with E-state index < -0.39 is 5.91 Å². The third-order valence-electron chi connectivity index (χ3n) is 1.84. The number of rotatable bonds is 3. The Kier molecular flexibility index (Phi) is 3.81. The molecule has 0 aliphatic rings. The third-order valence-corrected chi connectivity index (χ3v) is 2.63. The zero-order valence-electron chi connectivity index (χ0n) is 7.91. The van der Waals surface area contributed by atoms with E-state index in [0.717, 1.165) is 0 Å². The molecule has 3 N–H and O–H groups in total. The second-order valence-corrected chi connectivity index (χ2v) is 3.43. The summed E-state index contributed by atoms with van der Waals surface area (Å²) in [5.41, 5.74) is 2.37. The van der Waals surface area contributed by atoms with E-state index in [0.29, 0.717) is 16.5 Å². The fourth-order valence-corrected chi connectivity index (χ4v) is 1.83. The third kappa shape index (κ3) is 2.16. The van der Waals surface area contributed by atoms with Crippen molar-refractivity contribution in [2.45, 2.75) is 0 Å². The lowest BCUT2D eigenvalue weighted by Crippen LogP contribution is -2.31. The number of benzene rings is 1. The molecule has 6 heteroatoms. The normalized spacial score (nSPS) is 9.53. The predicted octanol–water partition coefficient (Wildman–Crippen LogP) is 0.874. The van der Waals surface area contributed by atoms with Gasteiger partial charge in [-0.15, -0.1) is 0 Å². The Morgan fingerprint density at radius 3 is 2.73 bits per heavy atom. The summed E-state index contributed by atoms with van der Waals surface area (Å²) in [4.78, 5) is 22.1. The molecule has 0 atom stereocenters. The van der Waals surface area contributed by atoms with E-state index in [-0.39, 0.29) is 11.1 Å². The average molecular weight is 273 g/mol. The van der Waals surface area contributed by atoms with E-state index in [1.54, 1.807) is 6.07 Å². The molecule has 5 nitrogen and oxygen atoms in total. The maximum absolute atomic E-state index is 11.4. The molecule has 0 saturated heterocycles. The van der Waals surface area contributed by atoms with Crippen LogP contribution in [-0.4, -0.2) is 19.3 Å². The summed E-state index contributed by atoms with van der Waals surface area (Å²) in [6.07, 6.45) is 0.578. The molecule has 0 aromatic heterocycles. The first-order valence-electron chi connectivity index (χ1n) is 3.98. The Morgan fingerprint density at radius 2 is 2.27 bits per heavy atom. The summed E-state index contributed by atoms with van der Waals surface area (Å²) in [7, 11) is 1.46. The van der Waals surface area contributed by atoms with E-state index in [1.165, 1.54) is 13.2 Å². The van der Waals surface area contributed by atoms with Gasteiger partial charge in [0, 0.05) is 5.56 Å². The number of amides is 1. The summed E-state index contributed by atoms with van der Waals surface area (Å²) in [6.45, 7) is 0. The standard InChI is InChI=1S/C9H9BrN2O3/c1-15-6-3-2-5(4-13)7(8(6)10)9(14)12-11/h2-4H,11H2,1H3,(H,12,14). The number of carbonyl (C=O) groups is 2.